The maximum absolute atomic E-state index is 16.5. The predicted octanol–water partition coefficient (Wildman–Crippen LogP) is 7.75. The normalized spacial score (nSPS) is 52.9. The number of aliphatic hydroxyl groups is 3. The lowest BCUT2D eigenvalue weighted by Gasteiger charge is -2.70. The highest BCUT2D eigenvalue weighted by atomic mass is 16.7. The van der Waals surface area contributed by atoms with Crippen LogP contribution in [0.2, 0.25) is 0 Å². The number of epoxide rings is 1. The summed E-state index contributed by atoms with van der Waals surface area (Å²) in [4.78, 5) is 49.6. The largest absolute Gasteiger partial charge is 0.469 e. The summed E-state index contributed by atoms with van der Waals surface area (Å²) in [6.07, 6.45) is 22.3. The number of carbonyl (C=O) groups is 3. The second-order valence-corrected chi connectivity index (χ2v) is 29.1. The lowest BCUT2D eigenvalue weighted by Crippen LogP contribution is -2.80. The molecule has 7 aliphatic heterocycles. The monoisotopic (exact) mass is 1030 g/mol. The number of nitrogens with one attached hydrogen (secondary N) is 1. The molecule has 1 aromatic rings. The molecule has 0 aromatic carbocycles. The molecule has 4 N–H and O–H groups in total. The number of carbonyl (C=O) groups excluding carboxylic acids is 3. The molecule has 8 aliphatic carbocycles. The second-order valence-electron chi connectivity index (χ2n) is 29.1. The molecule has 1 aromatic heterocycles. The van der Waals surface area contributed by atoms with E-state index >= 15 is 9.59 Å². The third-order valence-electron chi connectivity index (χ3n) is 27.2. The molecule has 8 heterocycles. The molecule has 0 unspecified atom stereocenters. The Bertz CT molecular complexity index is 2690. The summed E-state index contributed by atoms with van der Waals surface area (Å²) in [5.41, 5.74) is -5.25. The number of ether oxygens (including phenoxy) is 4. The number of allylic oxidation sites excluding steroid dienone is 1. The smallest absolute Gasteiger partial charge is 0.339 e. The van der Waals surface area contributed by atoms with Gasteiger partial charge in [0.2, 0.25) is 0 Å². The number of fused-ring (bicyclic) bond motifs is 5. The van der Waals surface area contributed by atoms with Crippen molar-refractivity contribution in [2.45, 2.75) is 191 Å². The molecule has 5 spiro atoms. The Hall–Kier alpha value is -3.07. The molecular formula is C62H82N2O11. The van der Waals surface area contributed by atoms with Gasteiger partial charge in [-0.3, -0.25) is 14.9 Å². The van der Waals surface area contributed by atoms with Gasteiger partial charge in [-0.05, 0) is 159 Å². The van der Waals surface area contributed by atoms with E-state index in [0.717, 1.165) is 95.8 Å². The zero-order valence-corrected chi connectivity index (χ0v) is 44.8. The fourth-order valence-electron chi connectivity index (χ4n) is 24.7. The van der Waals surface area contributed by atoms with Gasteiger partial charge in [0.05, 0.1) is 48.5 Å². The number of aliphatic hydroxyl groups excluding tert-OH is 3. The van der Waals surface area contributed by atoms with Crippen LogP contribution in [-0.4, -0.2) is 106 Å². The van der Waals surface area contributed by atoms with Crippen molar-refractivity contribution in [2.24, 2.45) is 98.1 Å². The number of ketones is 1. The molecule has 16 rings (SSSR count). The molecule has 5 saturated heterocycles. The van der Waals surface area contributed by atoms with E-state index in [1.54, 1.807) is 6.26 Å². The van der Waals surface area contributed by atoms with Gasteiger partial charge in [0.25, 0.3) is 0 Å². The summed E-state index contributed by atoms with van der Waals surface area (Å²) >= 11 is 0. The van der Waals surface area contributed by atoms with Crippen LogP contribution in [0, 0.1) is 98.1 Å². The Morgan fingerprint density at radius 2 is 1.73 bits per heavy atom. The minimum atomic E-state index is -1.49. The van der Waals surface area contributed by atoms with Gasteiger partial charge in [0.1, 0.15) is 35.8 Å². The van der Waals surface area contributed by atoms with Crippen LogP contribution in [0.5, 0.6) is 0 Å². The lowest BCUT2D eigenvalue weighted by molar-refractivity contribution is -0.282. The van der Waals surface area contributed by atoms with Gasteiger partial charge < -0.3 is 43.6 Å². The summed E-state index contributed by atoms with van der Waals surface area (Å²) in [7, 11) is 0. The predicted molar refractivity (Wildman–Crippen MR) is 271 cm³/mol. The van der Waals surface area contributed by atoms with Gasteiger partial charge >= 0.3 is 11.9 Å². The quantitative estimate of drug-likeness (QED) is 0.107. The number of cyclic esters (lactones) is 2. The minimum Gasteiger partial charge on any atom is -0.469 e. The molecule has 23 atom stereocenters. The first-order valence-corrected chi connectivity index (χ1v) is 30.3. The number of nitrogens with zero attached hydrogens (tertiary/aromatic N) is 1. The fraction of sp³-hybridized carbons (Fsp3) is 0.823. The van der Waals surface area contributed by atoms with Gasteiger partial charge in [0, 0.05) is 41.3 Å². The van der Waals surface area contributed by atoms with Gasteiger partial charge in [-0.1, -0.05) is 71.4 Å². The molecule has 13 heteroatoms. The number of rotatable bonds is 9. The van der Waals surface area contributed by atoms with Crippen molar-refractivity contribution in [1.82, 2.24) is 10.2 Å². The third kappa shape index (κ3) is 5.31. The van der Waals surface area contributed by atoms with Crippen molar-refractivity contribution < 1.29 is 53.1 Å². The van der Waals surface area contributed by atoms with Crippen LogP contribution < -0.4 is 5.32 Å². The highest BCUT2D eigenvalue weighted by Gasteiger charge is 2.98. The third-order valence-corrected chi connectivity index (χ3v) is 27.2. The zero-order valence-electron chi connectivity index (χ0n) is 44.8. The summed E-state index contributed by atoms with van der Waals surface area (Å²) in [6.45, 7) is 10.4. The SMILES string of the molecule is C[C@@H](C[C@H]1C=C2C[C@@H]3CCC4(CCCC4)[C@]34C[C@@H]3C[C@@]5(C)[C@H](c6ccoc6C[C@@H]([C@H]6CC[C@H]7[C@H](C=CN8CNC[C@@H]78)C6)[C@H](O)CO)OC(=O)[C@H]6O[C@]65[C@]5(C)[C@H](O)C(=O)[C@@H]6[C@@]1(C)O[C@]21[C@H]4C(=O)OC[C@@]61[C@@H]35)C1CCCC1. The van der Waals surface area contributed by atoms with Gasteiger partial charge in [0.15, 0.2) is 11.9 Å². The van der Waals surface area contributed by atoms with E-state index in [2.05, 4.69) is 56.3 Å². The zero-order chi connectivity index (χ0) is 51.2. The van der Waals surface area contributed by atoms with E-state index in [1.807, 2.05) is 6.07 Å². The fourth-order valence-corrected chi connectivity index (χ4v) is 24.7. The van der Waals surface area contributed by atoms with Crippen molar-refractivity contribution in [3.63, 3.8) is 0 Å². The average molecular weight is 1030 g/mol. The topological polar surface area (TPSA) is 181 Å². The van der Waals surface area contributed by atoms with Crippen LogP contribution >= 0.6 is 0 Å². The van der Waals surface area contributed by atoms with Crippen molar-refractivity contribution >= 4 is 17.7 Å². The van der Waals surface area contributed by atoms with Crippen LogP contribution in [0.3, 0.4) is 0 Å². The summed E-state index contributed by atoms with van der Waals surface area (Å²) in [5.74, 6) is -0.142. The molecule has 5 bridgehead atoms. The molecule has 0 radical (unpaired) electrons. The molecule has 75 heavy (non-hydrogen) atoms. The van der Waals surface area contributed by atoms with Gasteiger partial charge in [-0.15, -0.1) is 0 Å². The van der Waals surface area contributed by atoms with E-state index in [-0.39, 0.29) is 65.9 Å². The van der Waals surface area contributed by atoms with Crippen molar-refractivity contribution in [3.05, 3.63) is 47.6 Å². The van der Waals surface area contributed by atoms with Crippen LogP contribution in [0.1, 0.15) is 154 Å². The van der Waals surface area contributed by atoms with E-state index in [9.17, 15) is 20.1 Å². The Balaban J connectivity index is 0.844. The maximum atomic E-state index is 16.5. The molecule has 13 fully saturated rings. The van der Waals surface area contributed by atoms with E-state index < -0.39 is 80.7 Å². The highest BCUT2D eigenvalue weighted by molar-refractivity contribution is 5.94. The van der Waals surface area contributed by atoms with Crippen LogP contribution in [0.4, 0.5) is 0 Å². The van der Waals surface area contributed by atoms with Crippen LogP contribution in [0.25, 0.3) is 0 Å². The molecule has 15 aliphatic rings. The molecular weight excluding hydrogens is 949 g/mol. The van der Waals surface area contributed by atoms with Gasteiger partial charge in [-0.2, -0.15) is 0 Å². The molecule has 0 amide bonds. The number of Topliss-reactive ketones (excluding diaryl/α,β-unsaturated/α-hetero) is 1. The minimum absolute atomic E-state index is 0.0495. The standard InChI is InChI=1S/C62H82N2O11/c1-32(33-9-5-6-10-33)21-38-24-39-23-37-13-18-58(16-7-8-17-58)59(37)27-36-26-55(2)51(41-15-20-71-45(41)25-42(44(66)29-65)34-11-12-40-35(22-34)14-19-64-31-63-28-43(40)64)73-54(70)52-62(55,74-52)56(3)47(36)60-30-72-53(69)49(59)61(39,60)75-57(38,4)48(60)46(67)50(56)68/h14-15,19-20,24,32-38,40,42-44,47-52,63,65-66,68H,5-13,16-18,21-23,25-31H2,1-4H3/t32-,34-,35+,36-,37-,38-,40-,42-,43-,44+,47-,48+,49-,50+,51-,52+,55-,56-,57-,59+,60+,61-,62+/m0/s1. The summed E-state index contributed by atoms with van der Waals surface area (Å²) < 4.78 is 35.6. The van der Waals surface area contributed by atoms with Crippen molar-refractivity contribution in [2.75, 3.05) is 26.4 Å². The first-order chi connectivity index (χ1) is 36.1. The maximum Gasteiger partial charge on any atom is 0.339 e. The molecule has 406 valence electrons. The van der Waals surface area contributed by atoms with Crippen LogP contribution in [-0.2, 0) is 39.8 Å². The summed E-state index contributed by atoms with van der Waals surface area (Å²) in [5, 5.41) is 39.7. The summed E-state index contributed by atoms with van der Waals surface area (Å²) in [6, 6.07) is 2.40. The van der Waals surface area contributed by atoms with E-state index in [1.165, 1.54) is 31.3 Å². The second kappa shape index (κ2) is 15.4. The number of hydrogen-bond acceptors (Lipinski definition) is 13. The Morgan fingerprint density at radius 3 is 2.53 bits per heavy atom. The van der Waals surface area contributed by atoms with Crippen LogP contribution in [0.15, 0.2) is 40.7 Å². The first-order valence-electron chi connectivity index (χ1n) is 30.3. The Kier molecular flexibility index (Phi) is 9.85. The van der Waals surface area contributed by atoms with E-state index in [0.29, 0.717) is 48.3 Å². The molecule has 8 saturated carbocycles. The van der Waals surface area contributed by atoms with Crippen molar-refractivity contribution in [3.8, 4) is 0 Å². The highest BCUT2D eigenvalue weighted by Crippen LogP contribution is 2.90. The Labute approximate surface area is 442 Å². The average Bonchev–Trinajstić information content (AvgIpc) is 2.81. The molecule has 13 nitrogen and oxygen atoms in total. The van der Waals surface area contributed by atoms with Gasteiger partial charge in [-0.25, -0.2) is 4.79 Å². The number of hydrogen-bond donors (Lipinski definition) is 4. The Morgan fingerprint density at radius 1 is 0.920 bits per heavy atom. The number of furan rings is 1. The van der Waals surface area contributed by atoms with E-state index in [4.69, 9.17) is 23.4 Å². The lowest BCUT2D eigenvalue weighted by atomic mass is 9.32. The first kappa shape index (κ1) is 47.9. The van der Waals surface area contributed by atoms with Crippen molar-refractivity contribution in [1.29, 1.82) is 0 Å². The number of esters is 2.